The summed E-state index contributed by atoms with van der Waals surface area (Å²) in [6.07, 6.45) is 1.71. The molecule has 152 valence electrons. The first kappa shape index (κ1) is 20.6. The van der Waals surface area contributed by atoms with Gasteiger partial charge in [0.25, 0.3) is 5.91 Å². The number of ether oxygens (including phenoxy) is 1. The fraction of sp³-hybridized carbons (Fsp3) is 0.304. The molecule has 0 radical (unpaired) electrons. The van der Waals surface area contributed by atoms with Gasteiger partial charge in [-0.25, -0.2) is 9.18 Å². The van der Waals surface area contributed by atoms with Crippen molar-refractivity contribution in [2.75, 3.05) is 13.7 Å². The van der Waals surface area contributed by atoms with Crippen molar-refractivity contribution < 1.29 is 18.3 Å². The van der Waals surface area contributed by atoms with Gasteiger partial charge < -0.3 is 14.1 Å². The molecule has 0 spiro atoms. The van der Waals surface area contributed by atoms with Gasteiger partial charge >= 0.3 is 5.63 Å². The Labute approximate surface area is 168 Å². The van der Waals surface area contributed by atoms with Crippen LogP contribution in [-0.4, -0.2) is 24.5 Å². The van der Waals surface area contributed by atoms with Crippen LogP contribution >= 0.6 is 0 Å². The predicted molar refractivity (Wildman–Crippen MR) is 110 cm³/mol. The van der Waals surface area contributed by atoms with Gasteiger partial charge in [-0.3, -0.25) is 4.79 Å². The minimum absolute atomic E-state index is 0.160. The highest BCUT2D eigenvalue weighted by Crippen LogP contribution is 2.24. The number of carbonyl (C=O) groups is 1. The van der Waals surface area contributed by atoms with Crippen LogP contribution < -0.4 is 10.4 Å². The van der Waals surface area contributed by atoms with E-state index in [1.54, 1.807) is 36.2 Å². The van der Waals surface area contributed by atoms with Gasteiger partial charge in [0.2, 0.25) is 0 Å². The van der Waals surface area contributed by atoms with E-state index < -0.39 is 5.63 Å². The fourth-order valence-corrected chi connectivity index (χ4v) is 3.20. The first-order valence-corrected chi connectivity index (χ1v) is 9.59. The van der Waals surface area contributed by atoms with E-state index in [4.69, 9.17) is 9.15 Å². The second-order valence-electron chi connectivity index (χ2n) is 7.02. The summed E-state index contributed by atoms with van der Waals surface area (Å²) >= 11 is 0. The average molecular weight is 397 g/mol. The van der Waals surface area contributed by atoms with Crippen molar-refractivity contribution in [1.82, 2.24) is 4.90 Å². The Bertz CT molecular complexity index is 1060. The highest BCUT2D eigenvalue weighted by molar-refractivity contribution is 5.82. The van der Waals surface area contributed by atoms with Gasteiger partial charge in [0.05, 0.1) is 6.04 Å². The molecule has 0 aliphatic heterocycles. The highest BCUT2D eigenvalue weighted by Gasteiger charge is 2.18. The van der Waals surface area contributed by atoms with Gasteiger partial charge in [0, 0.05) is 24.6 Å². The molecule has 0 bridgehead atoms. The van der Waals surface area contributed by atoms with Gasteiger partial charge in [0.1, 0.15) is 17.1 Å². The number of halogens is 1. The molecule has 0 saturated carbocycles. The average Bonchev–Trinajstić information content (AvgIpc) is 2.71. The Morgan fingerprint density at radius 1 is 1.17 bits per heavy atom. The minimum atomic E-state index is -0.401. The Morgan fingerprint density at radius 2 is 1.90 bits per heavy atom. The van der Waals surface area contributed by atoms with E-state index >= 15 is 0 Å². The molecule has 0 N–H and O–H groups in total. The monoisotopic (exact) mass is 397 g/mol. The lowest BCUT2D eigenvalue weighted by Gasteiger charge is -2.25. The van der Waals surface area contributed by atoms with Gasteiger partial charge in [0.15, 0.2) is 6.61 Å². The Hall–Kier alpha value is -3.15. The molecule has 6 heteroatoms. The summed E-state index contributed by atoms with van der Waals surface area (Å²) in [5.41, 5.74) is 1.81. The largest absolute Gasteiger partial charge is 0.484 e. The lowest BCUT2D eigenvalue weighted by molar-refractivity contribution is -0.134. The predicted octanol–water partition coefficient (Wildman–Crippen LogP) is 4.48. The molecule has 1 aromatic heterocycles. The summed E-state index contributed by atoms with van der Waals surface area (Å²) in [6.45, 7) is 3.75. The maximum Gasteiger partial charge on any atom is 0.336 e. The van der Waals surface area contributed by atoms with Crippen LogP contribution in [-0.2, 0) is 11.2 Å². The number of carbonyl (C=O) groups excluding carboxylic acids is 1. The second-order valence-corrected chi connectivity index (χ2v) is 7.02. The Balaban J connectivity index is 1.70. The maximum absolute atomic E-state index is 13.1. The van der Waals surface area contributed by atoms with Crippen LogP contribution in [0.3, 0.4) is 0 Å². The number of rotatable bonds is 7. The second kappa shape index (κ2) is 8.90. The van der Waals surface area contributed by atoms with Gasteiger partial charge in [-0.05, 0) is 48.7 Å². The minimum Gasteiger partial charge on any atom is -0.484 e. The number of benzene rings is 2. The first-order valence-electron chi connectivity index (χ1n) is 9.59. The summed E-state index contributed by atoms with van der Waals surface area (Å²) in [7, 11) is 1.68. The molecule has 5 nitrogen and oxygen atoms in total. The lowest BCUT2D eigenvalue weighted by atomic mass is 10.1. The van der Waals surface area contributed by atoms with Crippen molar-refractivity contribution in [3.63, 3.8) is 0 Å². The molecule has 1 amide bonds. The van der Waals surface area contributed by atoms with Crippen molar-refractivity contribution in [2.24, 2.45) is 0 Å². The topological polar surface area (TPSA) is 59.8 Å². The molecule has 0 fully saturated rings. The van der Waals surface area contributed by atoms with Crippen LogP contribution in [0.5, 0.6) is 5.75 Å². The van der Waals surface area contributed by atoms with Crippen molar-refractivity contribution in [3.8, 4) is 5.75 Å². The van der Waals surface area contributed by atoms with E-state index in [9.17, 15) is 14.0 Å². The molecule has 1 heterocycles. The Morgan fingerprint density at radius 3 is 2.59 bits per heavy atom. The molecular formula is C23H24FNO4. The molecule has 1 unspecified atom stereocenters. The third-order valence-electron chi connectivity index (χ3n) is 5.01. The van der Waals surface area contributed by atoms with E-state index in [-0.39, 0.29) is 24.4 Å². The van der Waals surface area contributed by atoms with Crippen LogP contribution in [0.1, 0.15) is 37.4 Å². The molecular weight excluding hydrogens is 373 g/mol. The quantitative estimate of drug-likeness (QED) is 0.552. The van der Waals surface area contributed by atoms with E-state index in [1.165, 1.54) is 18.2 Å². The van der Waals surface area contributed by atoms with Crippen LogP contribution in [0.25, 0.3) is 11.0 Å². The number of amides is 1. The molecule has 29 heavy (non-hydrogen) atoms. The summed E-state index contributed by atoms with van der Waals surface area (Å²) in [6, 6.07) is 12.6. The zero-order valence-electron chi connectivity index (χ0n) is 16.8. The third-order valence-corrected chi connectivity index (χ3v) is 5.01. The van der Waals surface area contributed by atoms with Gasteiger partial charge in [-0.2, -0.15) is 0 Å². The first-order chi connectivity index (χ1) is 13.9. The summed E-state index contributed by atoms with van der Waals surface area (Å²) in [5.74, 6) is -0.0862. The number of nitrogens with zero attached hydrogens (tertiary/aromatic N) is 1. The highest BCUT2D eigenvalue weighted by atomic mass is 19.1. The van der Waals surface area contributed by atoms with Crippen LogP contribution in [0.2, 0.25) is 0 Å². The van der Waals surface area contributed by atoms with Crippen molar-refractivity contribution in [2.45, 2.75) is 32.7 Å². The van der Waals surface area contributed by atoms with Crippen molar-refractivity contribution in [3.05, 3.63) is 75.9 Å². The zero-order chi connectivity index (χ0) is 21.0. The van der Waals surface area contributed by atoms with E-state index in [1.807, 2.05) is 19.9 Å². The molecule has 3 rings (SSSR count). The van der Waals surface area contributed by atoms with E-state index in [0.29, 0.717) is 11.3 Å². The number of aryl methyl sites for hydroxylation is 1. The number of fused-ring (bicyclic) bond motifs is 1. The molecule has 0 aliphatic rings. The molecule has 0 aliphatic carbocycles. The molecule has 3 aromatic rings. The lowest BCUT2D eigenvalue weighted by Crippen LogP contribution is -2.33. The third kappa shape index (κ3) is 4.83. The number of hydrogen-bond donors (Lipinski definition) is 0. The fourth-order valence-electron chi connectivity index (χ4n) is 3.20. The van der Waals surface area contributed by atoms with Crippen LogP contribution in [0.15, 0.2) is 57.7 Å². The van der Waals surface area contributed by atoms with Crippen LogP contribution in [0, 0.1) is 5.82 Å². The van der Waals surface area contributed by atoms with Gasteiger partial charge in [-0.15, -0.1) is 0 Å². The van der Waals surface area contributed by atoms with E-state index in [2.05, 4.69) is 0 Å². The standard InChI is InChI=1S/C23H24FNO4/c1-4-5-17-12-23(27)29-21-13-19(10-11-20(17)21)28-14-22(26)25(3)15(2)16-6-8-18(24)9-7-16/h6-13,15H,4-5,14H2,1-3H3. The molecule has 1 atom stereocenters. The molecule has 0 saturated heterocycles. The number of likely N-dealkylation sites (N-methyl/N-ethyl adjacent to an activating group) is 1. The van der Waals surface area contributed by atoms with Crippen LogP contribution in [0.4, 0.5) is 4.39 Å². The SMILES string of the molecule is CCCc1cc(=O)oc2cc(OCC(=O)N(C)C(C)c3ccc(F)cc3)ccc12. The summed E-state index contributed by atoms with van der Waals surface area (Å²) in [4.78, 5) is 25.8. The summed E-state index contributed by atoms with van der Waals surface area (Å²) < 4.78 is 24.0. The zero-order valence-corrected chi connectivity index (χ0v) is 16.8. The van der Waals surface area contributed by atoms with Crippen molar-refractivity contribution >= 4 is 16.9 Å². The van der Waals surface area contributed by atoms with Crippen molar-refractivity contribution in [1.29, 1.82) is 0 Å². The molecule has 2 aromatic carbocycles. The van der Waals surface area contributed by atoms with E-state index in [0.717, 1.165) is 29.4 Å². The maximum atomic E-state index is 13.1. The normalized spacial score (nSPS) is 12.0. The number of hydrogen-bond acceptors (Lipinski definition) is 4. The smallest absolute Gasteiger partial charge is 0.336 e. The van der Waals surface area contributed by atoms with Gasteiger partial charge in [-0.1, -0.05) is 25.5 Å². The Kier molecular flexibility index (Phi) is 6.32. The summed E-state index contributed by atoms with van der Waals surface area (Å²) in [5, 5.41) is 0.868.